The van der Waals surface area contributed by atoms with E-state index in [0.717, 1.165) is 22.6 Å². The predicted molar refractivity (Wildman–Crippen MR) is 123 cm³/mol. The maximum Gasteiger partial charge on any atom is 0.289 e. The number of ether oxygens (including phenoxy) is 2. The Kier molecular flexibility index (Phi) is 6.19. The van der Waals surface area contributed by atoms with Gasteiger partial charge in [-0.05, 0) is 56.7 Å². The molecule has 0 bridgehead atoms. The van der Waals surface area contributed by atoms with Crippen molar-refractivity contribution < 1.29 is 14.3 Å². The summed E-state index contributed by atoms with van der Waals surface area (Å²) in [5.41, 5.74) is 3.36. The number of methoxy groups -OCH3 is 1. The van der Waals surface area contributed by atoms with Gasteiger partial charge in [0.1, 0.15) is 11.9 Å². The van der Waals surface area contributed by atoms with E-state index in [-0.39, 0.29) is 23.8 Å². The number of carbonyl (C=O) groups is 1. The molecule has 1 aromatic carbocycles. The third-order valence-electron chi connectivity index (χ3n) is 5.39. The van der Waals surface area contributed by atoms with E-state index in [9.17, 15) is 4.79 Å². The van der Waals surface area contributed by atoms with Crippen molar-refractivity contribution in [1.82, 2.24) is 19.4 Å². The number of nitrogens with zero attached hydrogens (tertiary/aromatic N) is 4. The molecule has 1 aliphatic heterocycles. The lowest BCUT2D eigenvalue weighted by atomic mass is 10.1. The van der Waals surface area contributed by atoms with Gasteiger partial charge in [0, 0.05) is 12.4 Å². The third-order valence-corrected chi connectivity index (χ3v) is 5.61. The summed E-state index contributed by atoms with van der Waals surface area (Å²) in [4.78, 5) is 23.7. The number of hydrogen-bond donors (Lipinski definition) is 0. The molecule has 1 aliphatic rings. The first-order valence-electron chi connectivity index (χ1n) is 10.4. The highest BCUT2D eigenvalue weighted by atomic mass is 35.5. The Morgan fingerprint density at radius 3 is 2.75 bits per heavy atom. The molecular formula is C24H25ClN4O3. The van der Waals surface area contributed by atoms with Gasteiger partial charge in [0.25, 0.3) is 5.91 Å². The Labute approximate surface area is 192 Å². The number of rotatable bonds is 5. The molecule has 0 spiro atoms. The van der Waals surface area contributed by atoms with Crippen LogP contribution in [0.2, 0.25) is 5.02 Å². The van der Waals surface area contributed by atoms with Crippen LogP contribution in [0.5, 0.6) is 5.75 Å². The molecule has 3 heterocycles. The zero-order valence-electron chi connectivity index (χ0n) is 18.4. The minimum Gasteiger partial charge on any atom is -0.495 e. The molecule has 0 N–H and O–H groups in total. The molecule has 0 aliphatic carbocycles. The zero-order chi connectivity index (χ0) is 22.8. The minimum absolute atomic E-state index is 0.149. The Bertz CT molecular complexity index is 1160. The van der Waals surface area contributed by atoms with Crippen LogP contribution in [0, 0.1) is 6.92 Å². The molecule has 8 heteroatoms. The van der Waals surface area contributed by atoms with Gasteiger partial charge >= 0.3 is 0 Å². The summed E-state index contributed by atoms with van der Waals surface area (Å²) in [6.45, 7) is 6.31. The molecule has 2 aromatic heterocycles. The highest BCUT2D eigenvalue weighted by molar-refractivity contribution is 6.30. The fraction of sp³-hybridized carbons (Fsp3) is 0.292. The second-order valence-corrected chi connectivity index (χ2v) is 8.26. The molecular weight excluding hydrogens is 428 g/mol. The maximum atomic E-state index is 13.2. The number of imidazole rings is 1. The minimum atomic E-state index is -0.212. The molecule has 1 fully saturated rings. The second kappa shape index (κ2) is 9.04. The Morgan fingerprint density at radius 1 is 1.28 bits per heavy atom. The first kappa shape index (κ1) is 21.9. The molecule has 1 saturated heterocycles. The molecule has 0 radical (unpaired) electrons. The van der Waals surface area contributed by atoms with Crippen LogP contribution in [0.3, 0.4) is 0 Å². The standard InChI is InChI=1S/C24H25ClN4O3/c1-15-12-28(14-27-15)21-8-5-18(9-22(21)31-4)10-23-24(30)29(13-16(2)32-23)17(3)20-7-6-19(25)11-26-20/h5-12,14,16-17H,13H2,1-4H3/b23-10-/t16?,17-/m1/s1. The van der Waals surface area contributed by atoms with Gasteiger partial charge in [-0.2, -0.15) is 0 Å². The lowest BCUT2D eigenvalue weighted by molar-refractivity contribution is -0.141. The van der Waals surface area contributed by atoms with Crippen LogP contribution in [-0.2, 0) is 9.53 Å². The van der Waals surface area contributed by atoms with Crippen LogP contribution in [0.25, 0.3) is 11.8 Å². The van der Waals surface area contributed by atoms with Gasteiger partial charge in [-0.1, -0.05) is 17.7 Å². The molecule has 3 aromatic rings. The number of halogens is 1. The first-order valence-corrected chi connectivity index (χ1v) is 10.7. The summed E-state index contributed by atoms with van der Waals surface area (Å²) in [6, 6.07) is 9.14. The number of pyridine rings is 1. The van der Waals surface area contributed by atoms with E-state index >= 15 is 0 Å². The van der Waals surface area contributed by atoms with E-state index < -0.39 is 0 Å². The molecule has 0 saturated carbocycles. The van der Waals surface area contributed by atoms with Gasteiger partial charge in [0.2, 0.25) is 0 Å². The average molecular weight is 453 g/mol. The molecule has 7 nitrogen and oxygen atoms in total. The predicted octanol–water partition coefficient (Wildman–Crippen LogP) is 4.59. The maximum absolute atomic E-state index is 13.2. The van der Waals surface area contributed by atoms with E-state index in [4.69, 9.17) is 21.1 Å². The number of aromatic nitrogens is 3. The van der Waals surface area contributed by atoms with Crippen LogP contribution < -0.4 is 4.74 Å². The summed E-state index contributed by atoms with van der Waals surface area (Å²) in [6.07, 6.45) is 6.86. The van der Waals surface area contributed by atoms with E-state index in [2.05, 4.69) is 9.97 Å². The van der Waals surface area contributed by atoms with E-state index in [1.165, 1.54) is 0 Å². The summed E-state index contributed by atoms with van der Waals surface area (Å²) >= 11 is 5.96. The number of morpholine rings is 1. The lowest BCUT2D eigenvalue weighted by Gasteiger charge is -2.36. The molecule has 166 valence electrons. The fourth-order valence-electron chi connectivity index (χ4n) is 3.73. The Morgan fingerprint density at radius 2 is 2.09 bits per heavy atom. The summed E-state index contributed by atoms with van der Waals surface area (Å²) in [7, 11) is 1.62. The van der Waals surface area contributed by atoms with Crippen LogP contribution >= 0.6 is 11.6 Å². The fourth-order valence-corrected chi connectivity index (χ4v) is 3.84. The highest BCUT2D eigenvalue weighted by Crippen LogP contribution is 2.29. The normalized spacial score (nSPS) is 18.5. The van der Waals surface area contributed by atoms with E-state index in [1.807, 2.05) is 55.8 Å². The van der Waals surface area contributed by atoms with Crippen molar-refractivity contribution in [3.8, 4) is 11.4 Å². The van der Waals surface area contributed by atoms with Crippen LogP contribution in [0.15, 0.2) is 54.8 Å². The van der Waals surface area contributed by atoms with Gasteiger partial charge in [-0.15, -0.1) is 0 Å². The van der Waals surface area contributed by atoms with Gasteiger partial charge < -0.3 is 18.9 Å². The van der Waals surface area contributed by atoms with Crippen molar-refractivity contribution in [3.63, 3.8) is 0 Å². The van der Waals surface area contributed by atoms with Crippen LogP contribution in [0.1, 0.15) is 36.8 Å². The highest BCUT2D eigenvalue weighted by Gasteiger charge is 2.33. The largest absolute Gasteiger partial charge is 0.495 e. The van der Waals surface area contributed by atoms with Crippen molar-refractivity contribution in [3.05, 3.63) is 76.8 Å². The quantitative estimate of drug-likeness (QED) is 0.530. The summed E-state index contributed by atoms with van der Waals surface area (Å²) in [5.74, 6) is 0.780. The van der Waals surface area contributed by atoms with Crippen molar-refractivity contribution in [2.45, 2.75) is 32.9 Å². The van der Waals surface area contributed by atoms with Crippen molar-refractivity contribution in [2.75, 3.05) is 13.7 Å². The molecule has 2 atom stereocenters. The van der Waals surface area contributed by atoms with Crippen molar-refractivity contribution >= 4 is 23.6 Å². The van der Waals surface area contributed by atoms with E-state index in [1.54, 1.807) is 36.7 Å². The molecule has 1 unspecified atom stereocenters. The number of carbonyl (C=O) groups excluding carboxylic acids is 1. The van der Waals surface area contributed by atoms with Crippen molar-refractivity contribution in [2.24, 2.45) is 0 Å². The molecule has 32 heavy (non-hydrogen) atoms. The van der Waals surface area contributed by atoms with Gasteiger partial charge in [0.05, 0.1) is 48.1 Å². The summed E-state index contributed by atoms with van der Waals surface area (Å²) < 4.78 is 13.4. The lowest BCUT2D eigenvalue weighted by Crippen LogP contribution is -2.45. The van der Waals surface area contributed by atoms with Gasteiger partial charge in [-0.3, -0.25) is 9.78 Å². The average Bonchev–Trinajstić information content (AvgIpc) is 3.22. The molecule has 1 amide bonds. The summed E-state index contributed by atoms with van der Waals surface area (Å²) in [5, 5.41) is 0.562. The monoisotopic (exact) mass is 452 g/mol. The van der Waals surface area contributed by atoms with Crippen molar-refractivity contribution in [1.29, 1.82) is 0 Å². The number of benzene rings is 1. The number of amides is 1. The smallest absolute Gasteiger partial charge is 0.289 e. The second-order valence-electron chi connectivity index (χ2n) is 7.83. The zero-order valence-corrected chi connectivity index (χ0v) is 19.2. The van der Waals surface area contributed by atoms with E-state index in [0.29, 0.717) is 17.3 Å². The van der Waals surface area contributed by atoms with Gasteiger partial charge in [-0.25, -0.2) is 4.98 Å². The van der Waals surface area contributed by atoms with Crippen LogP contribution in [-0.4, -0.2) is 45.1 Å². The Balaban J connectivity index is 1.62. The first-order chi connectivity index (χ1) is 15.4. The topological polar surface area (TPSA) is 69.5 Å². The van der Waals surface area contributed by atoms with Crippen LogP contribution in [0.4, 0.5) is 0 Å². The SMILES string of the molecule is COc1cc(/C=C2\OC(C)CN([C@H](C)c3ccc(Cl)cn3)C2=O)ccc1-n1cnc(C)c1. The Hall–Kier alpha value is -3.32. The number of aryl methyl sites for hydroxylation is 1. The third kappa shape index (κ3) is 4.48. The number of hydrogen-bond acceptors (Lipinski definition) is 5. The van der Waals surface area contributed by atoms with Gasteiger partial charge in [0.15, 0.2) is 5.76 Å². The molecule has 4 rings (SSSR count).